The van der Waals surface area contributed by atoms with E-state index in [2.05, 4.69) is 0 Å². The smallest absolute Gasteiger partial charge is 0.243 e. The molecular weight excluding hydrogens is 295 g/mol. The third kappa shape index (κ3) is 4.17. The molecule has 0 unspecified atom stereocenters. The van der Waals surface area contributed by atoms with Crippen LogP contribution >= 0.6 is 0 Å². The molecule has 0 atom stereocenters. The largest absolute Gasteiger partial charge is 0.341 e. The zero-order chi connectivity index (χ0) is 15.5. The van der Waals surface area contributed by atoms with Gasteiger partial charge in [0.1, 0.15) is 12.4 Å². The number of piperidine rings is 1. The normalized spacial score (nSPS) is 15.8. The van der Waals surface area contributed by atoms with E-state index >= 15 is 0 Å². The monoisotopic (exact) mass is 314 g/mol. The summed E-state index contributed by atoms with van der Waals surface area (Å²) in [6.07, 6.45) is 4.03. The lowest BCUT2D eigenvalue weighted by Gasteiger charge is -2.30. The summed E-state index contributed by atoms with van der Waals surface area (Å²) in [5, 5.41) is 0. The second kappa shape index (κ2) is 6.43. The number of benzene rings is 1. The van der Waals surface area contributed by atoms with Crippen LogP contribution in [0, 0.1) is 5.82 Å². The summed E-state index contributed by atoms with van der Waals surface area (Å²) in [7, 11) is -3.60. The summed E-state index contributed by atoms with van der Waals surface area (Å²) in [5.74, 6) is -0.668. The molecule has 21 heavy (non-hydrogen) atoms. The van der Waals surface area contributed by atoms with Crippen molar-refractivity contribution < 1.29 is 17.6 Å². The minimum atomic E-state index is -3.60. The standard InChI is InChI=1S/C14H19FN2O3S/c1-21(19,20)17(13-7-5-12(15)6-8-13)11-14(18)16-9-3-2-4-10-16/h5-8H,2-4,9-11H2,1H3. The third-order valence-electron chi connectivity index (χ3n) is 3.50. The Hall–Kier alpha value is -1.63. The first-order valence-corrected chi connectivity index (χ1v) is 8.74. The number of hydrogen-bond acceptors (Lipinski definition) is 3. The van der Waals surface area contributed by atoms with Gasteiger partial charge in [0.2, 0.25) is 15.9 Å². The van der Waals surface area contributed by atoms with Gasteiger partial charge in [0.15, 0.2) is 0 Å². The van der Waals surface area contributed by atoms with Crippen LogP contribution in [-0.4, -0.2) is 45.1 Å². The average Bonchev–Trinajstić information content (AvgIpc) is 2.45. The van der Waals surface area contributed by atoms with Gasteiger partial charge in [-0.3, -0.25) is 9.10 Å². The summed E-state index contributed by atoms with van der Waals surface area (Å²) >= 11 is 0. The molecule has 1 aliphatic rings. The minimum absolute atomic E-state index is 0.218. The topological polar surface area (TPSA) is 57.7 Å². The highest BCUT2D eigenvalue weighted by Crippen LogP contribution is 2.19. The maximum absolute atomic E-state index is 13.0. The van der Waals surface area contributed by atoms with Crippen molar-refractivity contribution in [3.05, 3.63) is 30.1 Å². The van der Waals surface area contributed by atoms with E-state index in [0.717, 1.165) is 29.8 Å². The fourth-order valence-corrected chi connectivity index (χ4v) is 3.22. The number of rotatable bonds is 4. The lowest BCUT2D eigenvalue weighted by atomic mass is 10.1. The van der Waals surface area contributed by atoms with Gasteiger partial charge in [0.05, 0.1) is 11.9 Å². The van der Waals surface area contributed by atoms with Crippen LogP contribution < -0.4 is 4.31 Å². The van der Waals surface area contributed by atoms with Crippen LogP contribution in [0.2, 0.25) is 0 Å². The summed E-state index contributed by atoms with van der Waals surface area (Å²) in [6.45, 7) is 1.09. The molecule has 7 heteroatoms. The summed E-state index contributed by atoms with van der Waals surface area (Å²) in [4.78, 5) is 13.9. The molecule has 1 aliphatic heterocycles. The van der Waals surface area contributed by atoms with Crippen LogP contribution in [0.25, 0.3) is 0 Å². The van der Waals surface area contributed by atoms with Crippen LogP contribution in [0.3, 0.4) is 0 Å². The van der Waals surface area contributed by atoms with E-state index in [4.69, 9.17) is 0 Å². The molecule has 1 saturated heterocycles. The van der Waals surface area contributed by atoms with E-state index in [9.17, 15) is 17.6 Å². The Balaban J connectivity index is 2.17. The molecule has 116 valence electrons. The number of nitrogens with zero attached hydrogens (tertiary/aromatic N) is 2. The van der Waals surface area contributed by atoms with Crippen molar-refractivity contribution in [2.75, 3.05) is 30.2 Å². The maximum Gasteiger partial charge on any atom is 0.243 e. The molecule has 1 aromatic rings. The van der Waals surface area contributed by atoms with Crippen LogP contribution in [0.1, 0.15) is 19.3 Å². The molecule has 5 nitrogen and oxygen atoms in total. The molecule has 0 N–H and O–H groups in total. The second-order valence-corrected chi connectivity index (χ2v) is 7.09. The Kier molecular flexibility index (Phi) is 4.82. The number of halogens is 1. The van der Waals surface area contributed by atoms with E-state index < -0.39 is 15.8 Å². The zero-order valence-corrected chi connectivity index (χ0v) is 12.8. The fraction of sp³-hybridized carbons (Fsp3) is 0.500. The Morgan fingerprint density at radius 1 is 1.19 bits per heavy atom. The SMILES string of the molecule is CS(=O)(=O)N(CC(=O)N1CCCCC1)c1ccc(F)cc1. The Morgan fingerprint density at radius 2 is 1.76 bits per heavy atom. The van der Waals surface area contributed by atoms with Crippen molar-refractivity contribution in [1.82, 2.24) is 4.90 Å². The summed E-state index contributed by atoms with van der Waals surface area (Å²) in [5.41, 5.74) is 0.296. The van der Waals surface area contributed by atoms with E-state index in [1.54, 1.807) is 4.90 Å². The summed E-state index contributed by atoms with van der Waals surface area (Å²) in [6, 6.07) is 5.08. The molecule has 0 saturated carbocycles. The van der Waals surface area contributed by atoms with Gasteiger partial charge in [-0.15, -0.1) is 0 Å². The van der Waals surface area contributed by atoms with Gasteiger partial charge in [-0.1, -0.05) is 0 Å². The predicted octanol–water partition coefficient (Wildman–Crippen LogP) is 1.60. The lowest BCUT2D eigenvalue weighted by Crippen LogP contribution is -2.44. The first kappa shape index (κ1) is 15.8. The Bertz CT molecular complexity index is 595. The summed E-state index contributed by atoms with van der Waals surface area (Å²) < 4.78 is 37.8. The molecular formula is C14H19FN2O3S. The lowest BCUT2D eigenvalue weighted by molar-refractivity contribution is -0.130. The number of anilines is 1. The van der Waals surface area contributed by atoms with Gasteiger partial charge in [0.25, 0.3) is 0 Å². The average molecular weight is 314 g/mol. The molecule has 0 spiro atoms. The second-order valence-electron chi connectivity index (χ2n) is 5.19. The highest BCUT2D eigenvalue weighted by Gasteiger charge is 2.24. The first-order chi connectivity index (χ1) is 9.88. The van der Waals surface area contributed by atoms with Gasteiger partial charge in [-0.2, -0.15) is 0 Å². The van der Waals surface area contributed by atoms with Crippen LogP contribution in [0.5, 0.6) is 0 Å². The van der Waals surface area contributed by atoms with Gasteiger partial charge in [0, 0.05) is 13.1 Å². The Labute approximate surface area is 124 Å². The number of carbonyl (C=O) groups is 1. The van der Waals surface area contributed by atoms with Crippen LogP contribution in [-0.2, 0) is 14.8 Å². The minimum Gasteiger partial charge on any atom is -0.341 e. The molecule has 2 rings (SSSR count). The molecule has 0 radical (unpaired) electrons. The first-order valence-electron chi connectivity index (χ1n) is 6.89. The van der Waals surface area contributed by atoms with E-state index in [-0.39, 0.29) is 12.5 Å². The van der Waals surface area contributed by atoms with Crippen molar-refractivity contribution in [2.24, 2.45) is 0 Å². The molecule has 1 heterocycles. The van der Waals surface area contributed by atoms with Crippen molar-refractivity contribution >= 4 is 21.6 Å². The number of amides is 1. The predicted molar refractivity (Wildman–Crippen MR) is 79.0 cm³/mol. The molecule has 0 aromatic heterocycles. The molecule has 1 aromatic carbocycles. The van der Waals surface area contributed by atoms with Crippen molar-refractivity contribution in [1.29, 1.82) is 0 Å². The Morgan fingerprint density at radius 3 is 2.29 bits per heavy atom. The van der Waals surface area contributed by atoms with E-state index in [1.165, 1.54) is 24.3 Å². The van der Waals surface area contributed by atoms with Crippen molar-refractivity contribution in [3.63, 3.8) is 0 Å². The highest BCUT2D eigenvalue weighted by molar-refractivity contribution is 7.92. The van der Waals surface area contributed by atoms with Gasteiger partial charge >= 0.3 is 0 Å². The quantitative estimate of drug-likeness (QED) is 0.848. The van der Waals surface area contributed by atoms with E-state index in [1.807, 2.05) is 0 Å². The molecule has 0 aliphatic carbocycles. The molecule has 1 amide bonds. The van der Waals surface area contributed by atoms with E-state index in [0.29, 0.717) is 18.8 Å². The van der Waals surface area contributed by atoms with Gasteiger partial charge < -0.3 is 4.90 Å². The van der Waals surface area contributed by atoms with Crippen LogP contribution in [0.15, 0.2) is 24.3 Å². The molecule has 0 bridgehead atoms. The third-order valence-corrected chi connectivity index (χ3v) is 4.64. The number of sulfonamides is 1. The van der Waals surface area contributed by atoms with Crippen molar-refractivity contribution in [2.45, 2.75) is 19.3 Å². The van der Waals surface area contributed by atoms with Gasteiger partial charge in [-0.05, 0) is 43.5 Å². The number of hydrogen-bond donors (Lipinski definition) is 0. The van der Waals surface area contributed by atoms with Crippen LogP contribution in [0.4, 0.5) is 10.1 Å². The van der Waals surface area contributed by atoms with Gasteiger partial charge in [-0.25, -0.2) is 12.8 Å². The van der Waals surface area contributed by atoms with Crippen molar-refractivity contribution in [3.8, 4) is 0 Å². The molecule has 1 fully saturated rings. The highest BCUT2D eigenvalue weighted by atomic mass is 32.2. The zero-order valence-electron chi connectivity index (χ0n) is 12.0. The number of likely N-dealkylation sites (tertiary alicyclic amines) is 1. The maximum atomic E-state index is 13.0. The number of carbonyl (C=O) groups excluding carboxylic acids is 1. The fourth-order valence-electron chi connectivity index (χ4n) is 2.37.